The van der Waals surface area contributed by atoms with Gasteiger partial charge in [0.15, 0.2) is 16.6 Å². The fraction of sp³-hybridized carbons (Fsp3) is 0.913. The van der Waals surface area contributed by atoms with Gasteiger partial charge in [0.2, 0.25) is 0 Å². The summed E-state index contributed by atoms with van der Waals surface area (Å²) >= 11 is 0. The minimum Gasteiger partial charge on any atom is -0.465 e. The summed E-state index contributed by atoms with van der Waals surface area (Å²) in [4.78, 5) is 0. The fourth-order valence-electron chi connectivity index (χ4n) is 2.85. The summed E-state index contributed by atoms with van der Waals surface area (Å²) in [7, 11) is -10.2. The standard InChI is InChI=1S/2C9H25O2Si3.5CH4.28Y/c2*1-9-13(5,6)11-14(7,8)10-12(2,3)4;;;;;;;;;;;;;;;;;;;;;;;;;;;;;;;;;/h2*2,9H2,1,3-8H3;5*1H4;;;;;;;;;;;;;;;;;;;;;;;;;;;;/q2*-1;;;;;;;;;;;;;;;;;;;;;;;;;;;;;;;;;. The van der Waals surface area contributed by atoms with Crippen LogP contribution in [0.1, 0.15) is 51.0 Å². The minimum atomic E-state index is -1.93. The first-order valence-electron chi connectivity index (χ1n) is 10.5. The summed E-state index contributed by atoms with van der Waals surface area (Å²) in [6.45, 7) is 38.6. The zero-order valence-corrected chi connectivity index (χ0v) is 123. The third-order valence-corrected chi connectivity index (χ3v) is 23.9. The second-order valence-corrected chi connectivity index (χ2v) is 35.3. The Morgan fingerprint density at radius 2 is 0.344 bits per heavy atom. The Morgan fingerprint density at radius 3 is 0.410 bits per heavy atom. The molecule has 0 heterocycles. The first-order valence-corrected chi connectivity index (χ1v) is 28.6. The number of rotatable bonds is 10. The van der Waals surface area contributed by atoms with Crippen molar-refractivity contribution < 1.29 is 932 Å². The summed E-state index contributed by atoms with van der Waals surface area (Å²) in [6, 6.07) is 2.29. The van der Waals surface area contributed by atoms with E-state index in [4.69, 9.17) is 16.5 Å². The quantitative estimate of drug-likeness (QED) is 0.161. The first-order chi connectivity index (χ1) is 11.9. The maximum atomic E-state index is 6.20. The van der Waals surface area contributed by atoms with Gasteiger partial charge in [0.05, 0.1) is 0 Å². The molecule has 0 aliphatic rings. The Kier molecular flexibility index (Phi) is 534. The van der Waals surface area contributed by atoms with Crippen molar-refractivity contribution in [3.8, 4) is 0 Å². The summed E-state index contributed by atoms with van der Waals surface area (Å²) in [5.74, 6) is 0. The zero-order valence-electron chi connectivity index (χ0n) is 37.6. The van der Waals surface area contributed by atoms with Gasteiger partial charge in [-0.25, -0.2) is 0 Å². The van der Waals surface area contributed by atoms with E-state index < -0.39 is 50.4 Å². The molecule has 0 unspecified atom stereocenters. The van der Waals surface area contributed by atoms with Gasteiger partial charge >= 0.3 is 17.1 Å². The Morgan fingerprint density at radius 1 is 0.246 bits per heavy atom. The smallest absolute Gasteiger partial charge is 0.309 e. The monoisotopic (exact) mass is 3070 g/mol. The average Bonchev–Trinajstić information content (AvgIpc) is 2.30. The second kappa shape index (κ2) is 139. The van der Waals surface area contributed by atoms with E-state index in [9.17, 15) is 0 Å². The molecule has 0 bridgehead atoms. The Hall–Kier alpha value is 32.1. The molecule has 4 nitrogen and oxygen atoms in total. The summed E-state index contributed by atoms with van der Waals surface area (Å²) in [6.07, 6.45) is 0. The van der Waals surface area contributed by atoms with Crippen LogP contribution in [0.2, 0.25) is 90.7 Å². The molecule has 0 amide bonds. The van der Waals surface area contributed by atoms with Gasteiger partial charge in [-0.05, 0) is 64.5 Å². The van der Waals surface area contributed by atoms with Crippen LogP contribution in [0.15, 0.2) is 0 Å². The predicted octanol–water partition coefficient (Wildman–Crippen LogP) is 10.2. The van der Waals surface area contributed by atoms with E-state index in [0.29, 0.717) is 0 Å². The van der Waals surface area contributed by atoms with E-state index in [0.717, 1.165) is 12.1 Å². The summed E-state index contributed by atoms with van der Waals surface area (Å²) < 4.78 is 24.5. The molecule has 38 heteroatoms. The molecule has 0 aromatic rings. The largest absolute Gasteiger partial charge is 0.465 e. The van der Waals surface area contributed by atoms with Crippen LogP contribution < -0.4 is 0 Å². The molecule has 296 valence electrons. The normalized spacial score (nSPS) is 6.69. The minimum absolute atomic E-state index is 0. The van der Waals surface area contributed by atoms with E-state index in [2.05, 4.69) is 106 Å². The molecule has 0 atom stereocenters. The van der Waals surface area contributed by atoms with E-state index in [1.807, 2.05) is 0 Å². The molecular formula is C23H70O4Si6Y28-2. The van der Waals surface area contributed by atoms with Gasteiger partial charge < -0.3 is 29.6 Å². The van der Waals surface area contributed by atoms with Crippen molar-refractivity contribution in [2.75, 3.05) is 0 Å². The molecule has 0 N–H and O–H groups in total. The second-order valence-electron chi connectivity index (χ2n) is 11.0. The molecule has 0 aliphatic heterocycles. The predicted molar refractivity (Wildman–Crippen MR) is 175 cm³/mol. The molecule has 61 heavy (non-hydrogen) atoms. The van der Waals surface area contributed by atoms with Gasteiger partial charge in [-0.3, -0.25) is 0 Å². The summed E-state index contributed by atoms with van der Waals surface area (Å²) in [5, 5.41) is 0. The van der Waals surface area contributed by atoms with Gasteiger partial charge in [-0.2, -0.15) is 0 Å². The molecule has 0 aromatic heterocycles. The molecule has 0 spiro atoms. The third kappa shape index (κ3) is 194. The van der Waals surface area contributed by atoms with Crippen LogP contribution in [0.5, 0.6) is 0 Å². The first kappa shape index (κ1) is 234. The SMILES string of the molecule is C.C.C.C.C.[CH2-][Si](C)(C)O[Si](C)(C)O[Si](C)(C)CC.[CH2-][Si](C)(C)O[Si](C)(C)O[Si](C)(C)CC.[Y].[Y].[Y].[Y].[Y].[Y].[Y].[Y].[Y].[Y].[Y].[Y].[Y].[Y].[Y].[Y].[Y].[Y].[Y].[Y].[Y].[Y].[Y].[Y].[Y].[Y].[Y].[Y]. The van der Waals surface area contributed by atoms with Crippen LogP contribution in [-0.4, -0.2) is 50.4 Å². The molecule has 0 aromatic carbocycles. The molecule has 28 radical (unpaired) electrons. The van der Waals surface area contributed by atoms with E-state index in [1.165, 1.54) is 0 Å². The van der Waals surface area contributed by atoms with Crippen molar-refractivity contribution in [1.29, 1.82) is 0 Å². The van der Waals surface area contributed by atoms with Crippen molar-refractivity contribution in [2.45, 2.75) is 142 Å². The van der Waals surface area contributed by atoms with Crippen molar-refractivity contribution in [3.63, 3.8) is 0 Å². The van der Waals surface area contributed by atoms with E-state index in [-0.39, 0.29) is 953 Å². The molecule has 0 rings (SSSR count). The molecule has 0 saturated carbocycles. The van der Waals surface area contributed by atoms with Crippen molar-refractivity contribution >= 4 is 50.4 Å². The van der Waals surface area contributed by atoms with Crippen molar-refractivity contribution in [3.05, 3.63) is 13.1 Å². The molecule has 0 saturated heterocycles. The Bertz CT molecular complexity index is 476. The third-order valence-electron chi connectivity index (χ3n) is 3.79. The van der Waals surface area contributed by atoms with Crippen LogP contribution >= 0.6 is 0 Å². The Labute approximate surface area is 1100 Å². The summed E-state index contributed by atoms with van der Waals surface area (Å²) in [5.41, 5.74) is 0. The van der Waals surface area contributed by atoms with E-state index in [1.54, 1.807) is 0 Å². The molecule has 0 aliphatic carbocycles. The van der Waals surface area contributed by atoms with Crippen molar-refractivity contribution in [1.82, 2.24) is 0 Å². The molecule has 0 fully saturated rings. The number of hydrogen-bond donors (Lipinski definition) is 0. The van der Waals surface area contributed by atoms with Crippen LogP contribution in [0.3, 0.4) is 0 Å². The van der Waals surface area contributed by atoms with Crippen LogP contribution in [0.4, 0.5) is 0 Å². The van der Waals surface area contributed by atoms with Gasteiger partial charge in [-0.15, -0.1) is 0 Å². The average molecular weight is 3070 g/mol. The Balaban J connectivity index is -0.00000000436. The maximum absolute atomic E-state index is 6.20. The topological polar surface area (TPSA) is 36.9 Å². The van der Waals surface area contributed by atoms with Crippen molar-refractivity contribution in [2.24, 2.45) is 0 Å². The maximum Gasteiger partial charge on any atom is 0.309 e. The fourth-order valence-corrected chi connectivity index (χ4v) is 26.4. The van der Waals surface area contributed by atoms with Gasteiger partial charge in [0.25, 0.3) is 0 Å². The molecular weight excluding hydrogens is 3000 g/mol. The van der Waals surface area contributed by atoms with Gasteiger partial charge in [0, 0.05) is 932 Å². The zero-order chi connectivity index (χ0) is 23.2. The van der Waals surface area contributed by atoms with Crippen LogP contribution in [0, 0.1) is 13.1 Å². The van der Waals surface area contributed by atoms with Gasteiger partial charge in [-0.1, -0.05) is 77.2 Å². The van der Waals surface area contributed by atoms with E-state index >= 15 is 0 Å². The van der Waals surface area contributed by atoms with Crippen LogP contribution in [-0.2, 0) is 932 Å². The number of hydrogen-bond acceptors (Lipinski definition) is 4. The van der Waals surface area contributed by atoms with Crippen LogP contribution in [0.25, 0.3) is 0 Å². The van der Waals surface area contributed by atoms with Gasteiger partial charge in [0.1, 0.15) is 0 Å².